The highest BCUT2D eigenvalue weighted by Gasteiger charge is 2.36. The minimum absolute atomic E-state index is 0.0356. The first-order valence-electron chi connectivity index (χ1n) is 6.37. The molecule has 0 saturated carbocycles. The molecule has 2 heterocycles. The van der Waals surface area contributed by atoms with Crippen LogP contribution in [0.15, 0.2) is 40.3 Å². The molecule has 0 saturated heterocycles. The average Bonchev–Trinajstić information content (AvgIpc) is 3.07. The molecule has 6 heteroatoms. The molecule has 0 bridgehead atoms. The van der Waals surface area contributed by atoms with Gasteiger partial charge in [0, 0.05) is 10.9 Å². The number of furan rings is 1. The number of hydrogen-bond acceptors (Lipinski definition) is 4. The first-order valence-corrected chi connectivity index (χ1v) is 7.25. The van der Waals surface area contributed by atoms with Gasteiger partial charge in [-0.2, -0.15) is 0 Å². The van der Waals surface area contributed by atoms with Crippen LogP contribution in [0, 0.1) is 0 Å². The number of aliphatic hydroxyl groups is 1. The van der Waals surface area contributed by atoms with Gasteiger partial charge in [0.25, 0.3) is 0 Å². The first kappa shape index (κ1) is 14.6. The number of carbonyl (C=O) groups is 1. The van der Waals surface area contributed by atoms with Crippen molar-refractivity contribution < 1.29 is 14.3 Å². The van der Waals surface area contributed by atoms with Crippen LogP contribution in [-0.2, 0) is 5.60 Å². The molecule has 0 aliphatic rings. The van der Waals surface area contributed by atoms with E-state index in [9.17, 15) is 9.90 Å². The highest BCUT2D eigenvalue weighted by atomic mass is 32.1. The third-order valence-corrected chi connectivity index (χ3v) is 3.80. The van der Waals surface area contributed by atoms with Crippen LogP contribution >= 0.6 is 11.3 Å². The van der Waals surface area contributed by atoms with Crippen LogP contribution in [0.1, 0.15) is 24.5 Å². The summed E-state index contributed by atoms with van der Waals surface area (Å²) in [6.07, 6.45) is 1.50. The smallest absolute Gasteiger partial charge is 0.315 e. The first-order chi connectivity index (χ1) is 9.52. The van der Waals surface area contributed by atoms with Gasteiger partial charge in [-0.05, 0) is 37.4 Å². The van der Waals surface area contributed by atoms with E-state index < -0.39 is 5.60 Å². The Morgan fingerprint density at radius 3 is 2.80 bits per heavy atom. The van der Waals surface area contributed by atoms with Gasteiger partial charge in [-0.15, -0.1) is 11.3 Å². The minimum Gasteiger partial charge on any atom is -0.466 e. The highest BCUT2D eigenvalue weighted by Crippen LogP contribution is 2.32. The second-order valence-electron chi connectivity index (χ2n) is 4.80. The summed E-state index contributed by atoms with van der Waals surface area (Å²) in [6, 6.07) is 6.79. The topological polar surface area (TPSA) is 74.5 Å². The molecule has 5 nitrogen and oxygen atoms in total. The minimum atomic E-state index is -1.36. The lowest BCUT2D eigenvalue weighted by atomic mass is 9.99. The maximum Gasteiger partial charge on any atom is 0.315 e. The van der Waals surface area contributed by atoms with Gasteiger partial charge in [0.05, 0.1) is 12.8 Å². The standard InChI is InChI=1S/C14H18N2O3S/c1-10(2)16-13(17)15-9-14(18,11-5-3-7-19-11)12-6-4-8-20-12/h3-8,10,18H,9H2,1-2H3,(H2,15,16,17)/t14-/m0/s1. The van der Waals surface area contributed by atoms with Crippen molar-refractivity contribution in [3.8, 4) is 0 Å². The van der Waals surface area contributed by atoms with Gasteiger partial charge in [0.15, 0.2) is 5.60 Å². The molecule has 0 radical (unpaired) electrons. The van der Waals surface area contributed by atoms with Crippen LogP contribution in [0.25, 0.3) is 0 Å². The molecule has 108 valence electrons. The molecular weight excluding hydrogens is 276 g/mol. The van der Waals surface area contributed by atoms with E-state index in [1.807, 2.05) is 31.4 Å². The van der Waals surface area contributed by atoms with Crippen molar-refractivity contribution in [3.63, 3.8) is 0 Å². The third-order valence-electron chi connectivity index (χ3n) is 2.78. The molecule has 0 spiro atoms. The number of carbonyl (C=O) groups excluding carboxylic acids is 1. The van der Waals surface area contributed by atoms with E-state index >= 15 is 0 Å². The molecule has 0 unspecified atom stereocenters. The largest absolute Gasteiger partial charge is 0.466 e. The fourth-order valence-electron chi connectivity index (χ4n) is 1.84. The number of thiophene rings is 1. The zero-order chi connectivity index (χ0) is 14.6. The average molecular weight is 294 g/mol. The highest BCUT2D eigenvalue weighted by molar-refractivity contribution is 7.10. The number of nitrogens with one attached hydrogen (secondary N) is 2. The Balaban J connectivity index is 2.15. The molecule has 0 aromatic carbocycles. The van der Waals surface area contributed by atoms with E-state index in [0.717, 1.165) is 4.88 Å². The van der Waals surface area contributed by atoms with Crippen molar-refractivity contribution in [3.05, 3.63) is 46.5 Å². The van der Waals surface area contributed by atoms with E-state index in [1.165, 1.54) is 17.6 Å². The Labute approximate surface area is 121 Å². The molecule has 2 rings (SSSR count). The Morgan fingerprint density at radius 2 is 2.25 bits per heavy atom. The van der Waals surface area contributed by atoms with Crippen molar-refractivity contribution in [2.45, 2.75) is 25.5 Å². The van der Waals surface area contributed by atoms with E-state index in [0.29, 0.717) is 5.76 Å². The molecule has 2 aromatic rings. The van der Waals surface area contributed by atoms with Crippen molar-refractivity contribution >= 4 is 17.4 Å². The van der Waals surface area contributed by atoms with Gasteiger partial charge in [0.2, 0.25) is 0 Å². The molecule has 2 aromatic heterocycles. The third kappa shape index (κ3) is 3.20. The van der Waals surface area contributed by atoms with Crippen LogP contribution in [0.5, 0.6) is 0 Å². The normalized spacial score (nSPS) is 14.0. The maximum absolute atomic E-state index is 11.7. The number of rotatable bonds is 5. The molecular formula is C14H18N2O3S. The van der Waals surface area contributed by atoms with E-state index in [4.69, 9.17) is 4.42 Å². The molecule has 0 fully saturated rings. The SMILES string of the molecule is CC(C)NC(=O)NC[C@](O)(c1ccco1)c1cccs1. The Morgan fingerprint density at radius 1 is 1.45 bits per heavy atom. The lowest BCUT2D eigenvalue weighted by Gasteiger charge is -2.25. The zero-order valence-corrected chi connectivity index (χ0v) is 12.2. The molecule has 20 heavy (non-hydrogen) atoms. The van der Waals surface area contributed by atoms with Crippen molar-refractivity contribution in [2.24, 2.45) is 0 Å². The monoisotopic (exact) mass is 294 g/mol. The second-order valence-corrected chi connectivity index (χ2v) is 5.74. The van der Waals surface area contributed by atoms with Crippen LogP contribution in [0.2, 0.25) is 0 Å². The lowest BCUT2D eigenvalue weighted by Crippen LogP contribution is -2.46. The fraction of sp³-hybridized carbons (Fsp3) is 0.357. The van der Waals surface area contributed by atoms with Crippen LogP contribution < -0.4 is 10.6 Å². The van der Waals surface area contributed by atoms with Crippen LogP contribution in [0.4, 0.5) is 4.79 Å². The Hall–Kier alpha value is -1.79. The molecule has 1 atom stereocenters. The van der Waals surface area contributed by atoms with Gasteiger partial charge >= 0.3 is 6.03 Å². The number of urea groups is 1. The second kappa shape index (κ2) is 6.11. The lowest BCUT2D eigenvalue weighted by molar-refractivity contribution is 0.0622. The predicted octanol–water partition coefficient (Wildman–Crippen LogP) is 2.28. The molecule has 2 amide bonds. The van der Waals surface area contributed by atoms with E-state index in [-0.39, 0.29) is 18.6 Å². The van der Waals surface area contributed by atoms with Crippen molar-refractivity contribution in [1.82, 2.24) is 10.6 Å². The van der Waals surface area contributed by atoms with Crippen LogP contribution in [0.3, 0.4) is 0 Å². The summed E-state index contributed by atoms with van der Waals surface area (Å²) in [5.74, 6) is 0.407. The van der Waals surface area contributed by atoms with E-state index in [1.54, 1.807) is 12.1 Å². The summed E-state index contributed by atoms with van der Waals surface area (Å²) >= 11 is 1.41. The molecule has 0 aliphatic carbocycles. The Kier molecular flexibility index (Phi) is 4.46. The molecule has 3 N–H and O–H groups in total. The summed E-state index contributed by atoms with van der Waals surface area (Å²) in [4.78, 5) is 12.4. The summed E-state index contributed by atoms with van der Waals surface area (Å²) in [6.45, 7) is 3.79. The number of hydrogen-bond donors (Lipinski definition) is 3. The number of amides is 2. The van der Waals surface area contributed by atoms with Crippen molar-refractivity contribution in [2.75, 3.05) is 6.54 Å². The van der Waals surface area contributed by atoms with Crippen molar-refractivity contribution in [1.29, 1.82) is 0 Å². The van der Waals surface area contributed by atoms with Gasteiger partial charge < -0.3 is 20.2 Å². The summed E-state index contributed by atoms with van der Waals surface area (Å²) in [7, 11) is 0. The maximum atomic E-state index is 11.7. The van der Waals surface area contributed by atoms with Gasteiger partial charge in [-0.25, -0.2) is 4.79 Å². The van der Waals surface area contributed by atoms with Gasteiger partial charge in [-0.3, -0.25) is 0 Å². The fourth-order valence-corrected chi connectivity index (χ4v) is 2.67. The van der Waals surface area contributed by atoms with E-state index in [2.05, 4.69) is 10.6 Å². The Bertz CT molecular complexity index is 501. The van der Waals surface area contributed by atoms with Gasteiger partial charge in [-0.1, -0.05) is 6.07 Å². The molecule has 0 aliphatic heterocycles. The van der Waals surface area contributed by atoms with Crippen LogP contribution in [-0.4, -0.2) is 23.7 Å². The van der Waals surface area contributed by atoms with Gasteiger partial charge in [0.1, 0.15) is 5.76 Å². The zero-order valence-electron chi connectivity index (χ0n) is 11.4. The summed E-state index contributed by atoms with van der Waals surface area (Å²) in [5.41, 5.74) is -1.36. The quantitative estimate of drug-likeness (QED) is 0.792. The summed E-state index contributed by atoms with van der Waals surface area (Å²) in [5, 5.41) is 18.2. The summed E-state index contributed by atoms with van der Waals surface area (Å²) < 4.78 is 5.32. The predicted molar refractivity (Wildman–Crippen MR) is 77.7 cm³/mol.